The van der Waals surface area contributed by atoms with Crippen molar-refractivity contribution in [3.05, 3.63) is 59.9 Å². The van der Waals surface area contributed by atoms with Crippen molar-refractivity contribution in [2.24, 2.45) is 11.7 Å². The fourth-order valence-corrected chi connectivity index (χ4v) is 3.45. The second-order valence-corrected chi connectivity index (χ2v) is 6.82. The maximum absolute atomic E-state index is 14.6. The first-order valence-electron chi connectivity index (χ1n) is 9.16. The molecule has 1 atom stereocenters. The van der Waals surface area contributed by atoms with Gasteiger partial charge in [0.15, 0.2) is 5.78 Å². The van der Waals surface area contributed by atoms with Crippen LogP contribution in [0.2, 0.25) is 0 Å². The van der Waals surface area contributed by atoms with Crippen LogP contribution in [0.15, 0.2) is 48.5 Å². The highest BCUT2D eigenvalue weighted by molar-refractivity contribution is 5.99. The van der Waals surface area contributed by atoms with Gasteiger partial charge in [-0.1, -0.05) is 42.5 Å². The topological polar surface area (TPSA) is 92.5 Å². The van der Waals surface area contributed by atoms with Gasteiger partial charge in [-0.05, 0) is 24.5 Å². The molecule has 6 nitrogen and oxygen atoms in total. The molecular formula is C21H22FN3O3. The summed E-state index contributed by atoms with van der Waals surface area (Å²) < 4.78 is 14.6. The number of Topliss-reactive ketones (excluding diaryl/α,β-unsaturated/α-hetero) is 1. The quantitative estimate of drug-likeness (QED) is 0.778. The molecule has 3 amide bonds. The van der Waals surface area contributed by atoms with Gasteiger partial charge in [0.25, 0.3) is 0 Å². The zero-order valence-corrected chi connectivity index (χ0v) is 15.4. The average Bonchev–Trinajstić information content (AvgIpc) is 2.72. The van der Waals surface area contributed by atoms with Crippen molar-refractivity contribution in [3.63, 3.8) is 0 Å². The minimum atomic E-state index is -0.771. The Hall–Kier alpha value is -3.22. The fourth-order valence-electron chi connectivity index (χ4n) is 3.45. The van der Waals surface area contributed by atoms with Crippen molar-refractivity contribution in [1.82, 2.24) is 10.2 Å². The second kappa shape index (κ2) is 8.65. The third kappa shape index (κ3) is 4.54. The molecule has 1 fully saturated rings. The number of carbonyl (C=O) groups is 3. The van der Waals surface area contributed by atoms with E-state index < -0.39 is 17.8 Å². The van der Waals surface area contributed by atoms with Gasteiger partial charge in [-0.25, -0.2) is 9.18 Å². The van der Waals surface area contributed by atoms with Crippen LogP contribution in [-0.2, 0) is 4.79 Å². The van der Waals surface area contributed by atoms with E-state index in [9.17, 15) is 18.8 Å². The lowest BCUT2D eigenvalue weighted by Gasteiger charge is -2.32. The lowest BCUT2D eigenvalue weighted by atomic mass is 9.89. The monoisotopic (exact) mass is 383 g/mol. The van der Waals surface area contributed by atoms with Crippen LogP contribution >= 0.6 is 0 Å². The number of urea groups is 1. The van der Waals surface area contributed by atoms with Gasteiger partial charge in [0.1, 0.15) is 5.82 Å². The smallest absolute Gasteiger partial charge is 0.312 e. The maximum Gasteiger partial charge on any atom is 0.312 e. The van der Waals surface area contributed by atoms with Crippen LogP contribution in [-0.4, -0.2) is 42.3 Å². The molecule has 0 spiro atoms. The van der Waals surface area contributed by atoms with E-state index in [1.807, 2.05) is 30.3 Å². The summed E-state index contributed by atoms with van der Waals surface area (Å²) in [5.41, 5.74) is 6.46. The number of primary amides is 1. The van der Waals surface area contributed by atoms with Gasteiger partial charge in [-0.2, -0.15) is 0 Å². The first-order valence-corrected chi connectivity index (χ1v) is 9.16. The molecule has 28 heavy (non-hydrogen) atoms. The Bertz CT molecular complexity index is 886. The lowest BCUT2D eigenvalue weighted by Crippen LogP contribution is -2.47. The van der Waals surface area contributed by atoms with Crippen molar-refractivity contribution < 1.29 is 18.8 Å². The molecule has 0 bridgehead atoms. The third-order valence-electron chi connectivity index (χ3n) is 4.90. The summed E-state index contributed by atoms with van der Waals surface area (Å²) in [5, 5.41) is 2.26. The Morgan fingerprint density at radius 3 is 2.57 bits per heavy atom. The maximum atomic E-state index is 14.6. The number of piperidine rings is 1. The van der Waals surface area contributed by atoms with Crippen molar-refractivity contribution >= 4 is 17.7 Å². The summed E-state index contributed by atoms with van der Waals surface area (Å²) in [6.45, 7) is 0.571. The number of benzene rings is 2. The number of hydrogen-bond donors (Lipinski definition) is 2. The van der Waals surface area contributed by atoms with Crippen molar-refractivity contribution in [3.8, 4) is 11.1 Å². The highest BCUT2D eigenvalue weighted by Gasteiger charge is 2.29. The SMILES string of the molecule is NC(=O)NCC(=O)N1CCC[C@@H](C(=O)c2ccc(-c3ccccc3)c(F)c2)C1. The van der Waals surface area contributed by atoms with E-state index >= 15 is 0 Å². The van der Waals surface area contributed by atoms with Gasteiger partial charge < -0.3 is 16.0 Å². The molecule has 1 aliphatic heterocycles. The number of amides is 3. The molecule has 0 radical (unpaired) electrons. The Labute approximate surface area is 162 Å². The summed E-state index contributed by atoms with van der Waals surface area (Å²) in [6, 6.07) is 12.9. The molecule has 1 heterocycles. The molecule has 7 heteroatoms. The first kappa shape index (κ1) is 19.5. The highest BCUT2D eigenvalue weighted by atomic mass is 19.1. The molecule has 3 rings (SSSR count). The van der Waals surface area contributed by atoms with E-state index in [-0.39, 0.29) is 24.8 Å². The largest absolute Gasteiger partial charge is 0.352 e. The minimum Gasteiger partial charge on any atom is -0.352 e. The predicted molar refractivity (Wildman–Crippen MR) is 103 cm³/mol. The molecular weight excluding hydrogens is 361 g/mol. The van der Waals surface area contributed by atoms with Crippen LogP contribution in [0, 0.1) is 11.7 Å². The number of ketones is 1. The van der Waals surface area contributed by atoms with E-state index in [1.54, 1.807) is 12.1 Å². The van der Waals surface area contributed by atoms with Crippen molar-refractivity contribution in [1.29, 1.82) is 0 Å². The Morgan fingerprint density at radius 2 is 1.89 bits per heavy atom. The number of hydrogen-bond acceptors (Lipinski definition) is 3. The van der Waals surface area contributed by atoms with Gasteiger partial charge in [0, 0.05) is 30.1 Å². The Balaban J connectivity index is 1.70. The van der Waals surface area contributed by atoms with Crippen LogP contribution in [0.3, 0.4) is 0 Å². The summed E-state index contributed by atoms with van der Waals surface area (Å²) in [5.74, 6) is -1.32. The number of carbonyl (C=O) groups excluding carboxylic acids is 3. The molecule has 0 unspecified atom stereocenters. The van der Waals surface area contributed by atoms with Crippen LogP contribution in [0.5, 0.6) is 0 Å². The van der Waals surface area contributed by atoms with Crippen LogP contribution < -0.4 is 11.1 Å². The average molecular weight is 383 g/mol. The highest BCUT2D eigenvalue weighted by Crippen LogP contribution is 2.26. The number of nitrogens with zero attached hydrogens (tertiary/aromatic N) is 1. The molecule has 0 aromatic heterocycles. The van der Waals surface area contributed by atoms with Gasteiger partial charge in [-0.15, -0.1) is 0 Å². The zero-order valence-electron chi connectivity index (χ0n) is 15.4. The molecule has 2 aromatic rings. The summed E-state index contributed by atoms with van der Waals surface area (Å²) in [6.07, 6.45) is 1.30. The van der Waals surface area contributed by atoms with Crippen molar-refractivity contribution in [2.75, 3.05) is 19.6 Å². The van der Waals surface area contributed by atoms with E-state index in [4.69, 9.17) is 5.73 Å². The van der Waals surface area contributed by atoms with E-state index in [0.717, 1.165) is 5.56 Å². The van der Waals surface area contributed by atoms with Gasteiger partial charge in [0.2, 0.25) is 5.91 Å². The number of rotatable bonds is 5. The third-order valence-corrected chi connectivity index (χ3v) is 4.90. The standard InChI is InChI=1S/C21H22FN3O3/c22-18-11-15(8-9-17(18)14-5-2-1-3-6-14)20(27)16-7-4-10-25(13-16)19(26)12-24-21(23)28/h1-3,5-6,8-9,11,16H,4,7,10,12-13H2,(H3,23,24,28)/t16-/m1/s1. The van der Waals surface area contributed by atoms with Crippen LogP contribution in [0.1, 0.15) is 23.2 Å². The summed E-state index contributed by atoms with van der Waals surface area (Å²) in [7, 11) is 0. The number of likely N-dealkylation sites (tertiary alicyclic amines) is 1. The molecule has 3 N–H and O–H groups in total. The number of nitrogens with two attached hydrogens (primary N) is 1. The van der Waals surface area contributed by atoms with Gasteiger partial charge in [-0.3, -0.25) is 9.59 Å². The molecule has 0 aliphatic carbocycles. The van der Waals surface area contributed by atoms with Crippen molar-refractivity contribution in [2.45, 2.75) is 12.8 Å². The molecule has 0 saturated carbocycles. The first-order chi connectivity index (χ1) is 13.5. The summed E-state index contributed by atoms with van der Waals surface area (Å²) in [4.78, 5) is 37.3. The summed E-state index contributed by atoms with van der Waals surface area (Å²) >= 11 is 0. The van der Waals surface area contributed by atoms with Crippen LogP contribution in [0.4, 0.5) is 9.18 Å². The Morgan fingerprint density at radius 1 is 1.14 bits per heavy atom. The van der Waals surface area contributed by atoms with E-state index in [1.165, 1.54) is 11.0 Å². The lowest BCUT2D eigenvalue weighted by molar-refractivity contribution is -0.131. The number of halogens is 1. The molecule has 146 valence electrons. The Kier molecular flexibility index (Phi) is 6.03. The number of nitrogens with one attached hydrogen (secondary N) is 1. The molecule has 1 aliphatic rings. The minimum absolute atomic E-state index is 0.182. The molecule has 1 saturated heterocycles. The predicted octanol–water partition coefficient (Wildman–Crippen LogP) is 2.58. The van der Waals surface area contributed by atoms with E-state index in [2.05, 4.69) is 5.32 Å². The zero-order chi connectivity index (χ0) is 20.1. The van der Waals surface area contributed by atoms with Crippen LogP contribution in [0.25, 0.3) is 11.1 Å². The van der Waals surface area contributed by atoms with E-state index in [0.29, 0.717) is 30.5 Å². The second-order valence-electron chi connectivity index (χ2n) is 6.82. The van der Waals surface area contributed by atoms with Gasteiger partial charge >= 0.3 is 6.03 Å². The fraction of sp³-hybridized carbons (Fsp3) is 0.286. The normalized spacial score (nSPS) is 16.5. The molecule has 2 aromatic carbocycles. The van der Waals surface area contributed by atoms with Gasteiger partial charge in [0.05, 0.1) is 6.54 Å².